The minimum absolute atomic E-state index is 0.0429. The molecule has 18 heavy (non-hydrogen) atoms. The first-order valence-corrected chi connectivity index (χ1v) is 5.91. The number of amides is 2. The smallest absolute Gasteiger partial charge is 0.274 e. The van der Waals surface area contributed by atoms with E-state index < -0.39 is 0 Å². The maximum absolute atomic E-state index is 11.8. The summed E-state index contributed by atoms with van der Waals surface area (Å²) in [4.78, 5) is 28.0. The lowest BCUT2D eigenvalue weighted by Crippen LogP contribution is -2.25. The highest BCUT2D eigenvalue weighted by Gasteiger charge is 2.19. The number of rotatable bonds is 4. The van der Waals surface area contributed by atoms with Gasteiger partial charge < -0.3 is 5.32 Å². The molecule has 0 fully saturated rings. The van der Waals surface area contributed by atoms with Gasteiger partial charge in [0.2, 0.25) is 5.91 Å². The maximum atomic E-state index is 11.8. The Hall–Kier alpha value is -1.88. The van der Waals surface area contributed by atoms with Gasteiger partial charge in [0.1, 0.15) is 0 Å². The van der Waals surface area contributed by atoms with Crippen molar-refractivity contribution >= 4 is 17.5 Å². The fourth-order valence-electron chi connectivity index (χ4n) is 1.70. The average Bonchev–Trinajstić information content (AvgIpc) is 2.67. The molecule has 0 aromatic heterocycles. The Bertz CT molecular complexity index is 483. The van der Waals surface area contributed by atoms with E-state index in [0.717, 1.165) is 11.3 Å². The molecule has 96 valence electrons. The highest BCUT2D eigenvalue weighted by atomic mass is 16.6. The molecule has 1 aliphatic rings. The molecule has 0 saturated carbocycles. The standard InChI is InChI=1S/C13H16N2O3/c1-8(2)7-18-15-13(17)9-3-4-11-10(5-9)6-12(16)14-11/h3-5,8H,6-7H2,1-2H3,(H,14,16)(H,15,17). The molecule has 2 amide bonds. The van der Waals surface area contributed by atoms with Gasteiger partial charge in [-0.25, -0.2) is 5.48 Å². The largest absolute Gasteiger partial charge is 0.326 e. The summed E-state index contributed by atoms with van der Waals surface area (Å²) in [7, 11) is 0. The van der Waals surface area contributed by atoms with E-state index in [1.165, 1.54) is 0 Å². The van der Waals surface area contributed by atoms with Crippen LogP contribution in [0.15, 0.2) is 18.2 Å². The number of nitrogens with one attached hydrogen (secondary N) is 2. The number of hydroxylamine groups is 1. The van der Waals surface area contributed by atoms with Crippen LogP contribution in [0, 0.1) is 5.92 Å². The normalized spacial score (nSPS) is 13.4. The number of carbonyl (C=O) groups is 2. The van der Waals surface area contributed by atoms with Crippen molar-refractivity contribution in [2.45, 2.75) is 20.3 Å². The van der Waals surface area contributed by atoms with Crippen LogP contribution in [0.5, 0.6) is 0 Å². The van der Waals surface area contributed by atoms with E-state index in [9.17, 15) is 9.59 Å². The third kappa shape index (κ3) is 2.87. The maximum Gasteiger partial charge on any atom is 0.274 e. The van der Waals surface area contributed by atoms with E-state index >= 15 is 0 Å². The van der Waals surface area contributed by atoms with E-state index in [2.05, 4.69) is 10.8 Å². The molecule has 5 nitrogen and oxygen atoms in total. The fourth-order valence-corrected chi connectivity index (χ4v) is 1.70. The van der Waals surface area contributed by atoms with E-state index in [0.29, 0.717) is 24.5 Å². The summed E-state index contributed by atoms with van der Waals surface area (Å²) < 4.78 is 0. The van der Waals surface area contributed by atoms with Gasteiger partial charge in [0.25, 0.3) is 5.91 Å². The van der Waals surface area contributed by atoms with Crippen LogP contribution < -0.4 is 10.8 Å². The minimum atomic E-state index is -0.294. The van der Waals surface area contributed by atoms with Crippen molar-refractivity contribution in [1.82, 2.24) is 5.48 Å². The summed E-state index contributed by atoms with van der Waals surface area (Å²) in [6.07, 6.45) is 0.323. The molecule has 0 bridgehead atoms. The second-order valence-corrected chi connectivity index (χ2v) is 4.73. The lowest BCUT2D eigenvalue weighted by Gasteiger charge is -2.08. The van der Waals surface area contributed by atoms with Crippen LogP contribution in [0.4, 0.5) is 5.69 Å². The zero-order valence-corrected chi connectivity index (χ0v) is 10.4. The molecular weight excluding hydrogens is 232 g/mol. The van der Waals surface area contributed by atoms with Crippen LogP contribution in [0.1, 0.15) is 29.8 Å². The van der Waals surface area contributed by atoms with Gasteiger partial charge in [-0.2, -0.15) is 0 Å². The Morgan fingerprint density at radius 3 is 3.00 bits per heavy atom. The molecular formula is C13H16N2O3. The van der Waals surface area contributed by atoms with Crippen LogP contribution in [-0.4, -0.2) is 18.4 Å². The zero-order valence-electron chi connectivity index (χ0n) is 10.4. The first kappa shape index (κ1) is 12.6. The van der Waals surface area contributed by atoms with Gasteiger partial charge in [0.15, 0.2) is 0 Å². The monoisotopic (exact) mass is 248 g/mol. The molecule has 0 atom stereocenters. The highest BCUT2D eigenvalue weighted by molar-refractivity contribution is 6.01. The molecule has 0 aliphatic carbocycles. The van der Waals surface area contributed by atoms with Crippen LogP contribution in [-0.2, 0) is 16.1 Å². The van der Waals surface area contributed by atoms with Gasteiger partial charge in [0, 0.05) is 11.3 Å². The molecule has 0 saturated heterocycles. The van der Waals surface area contributed by atoms with Crippen molar-refractivity contribution in [3.05, 3.63) is 29.3 Å². The molecule has 2 N–H and O–H groups in total. The van der Waals surface area contributed by atoms with Crippen molar-refractivity contribution in [2.75, 3.05) is 11.9 Å². The molecule has 1 aromatic carbocycles. The van der Waals surface area contributed by atoms with E-state index in [1.807, 2.05) is 13.8 Å². The van der Waals surface area contributed by atoms with Crippen LogP contribution in [0.3, 0.4) is 0 Å². The number of hydrogen-bond acceptors (Lipinski definition) is 3. The molecule has 1 aliphatic heterocycles. The van der Waals surface area contributed by atoms with Gasteiger partial charge in [-0.1, -0.05) is 13.8 Å². The van der Waals surface area contributed by atoms with Crippen LogP contribution in [0.25, 0.3) is 0 Å². The van der Waals surface area contributed by atoms with Crippen molar-refractivity contribution in [3.8, 4) is 0 Å². The van der Waals surface area contributed by atoms with Gasteiger partial charge in [-0.15, -0.1) is 0 Å². The summed E-state index contributed by atoms with van der Waals surface area (Å²) in [5.74, 6) is 0.0172. The fraction of sp³-hybridized carbons (Fsp3) is 0.385. The molecule has 5 heteroatoms. The molecule has 0 spiro atoms. The van der Waals surface area contributed by atoms with Crippen molar-refractivity contribution in [2.24, 2.45) is 5.92 Å². The molecule has 1 heterocycles. The number of carbonyl (C=O) groups excluding carboxylic acids is 2. The third-order valence-corrected chi connectivity index (χ3v) is 2.57. The summed E-state index contributed by atoms with van der Waals surface area (Å²) in [5.41, 5.74) is 4.50. The Kier molecular flexibility index (Phi) is 3.62. The molecule has 2 rings (SSSR count). The summed E-state index contributed by atoms with van der Waals surface area (Å²) >= 11 is 0. The van der Waals surface area contributed by atoms with E-state index in [-0.39, 0.29) is 11.8 Å². The minimum Gasteiger partial charge on any atom is -0.326 e. The second kappa shape index (κ2) is 5.18. The third-order valence-electron chi connectivity index (χ3n) is 2.57. The Morgan fingerprint density at radius 2 is 2.28 bits per heavy atom. The SMILES string of the molecule is CC(C)CONC(=O)c1ccc2c(c1)CC(=O)N2. The van der Waals surface area contributed by atoms with Gasteiger partial charge in [-0.05, 0) is 29.7 Å². The summed E-state index contributed by atoms with van der Waals surface area (Å²) in [6, 6.07) is 5.11. The zero-order chi connectivity index (χ0) is 13.1. The number of anilines is 1. The molecule has 0 unspecified atom stereocenters. The first-order valence-electron chi connectivity index (χ1n) is 5.91. The van der Waals surface area contributed by atoms with Crippen molar-refractivity contribution in [3.63, 3.8) is 0 Å². The highest BCUT2D eigenvalue weighted by Crippen LogP contribution is 2.23. The van der Waals surface area contributed by atoms with Crippen molar-refractivity contribution in [1.29, 1.82) is 0 Å². The predicted octanol–water partition coefficient (Wildman–Crippen LogP) is 1.50. The van der Waals surface area contributed by atoms with Crippen LogP contribution in [0.2, 0.25) is 0 Å². The number of fused-ring (bicyclic) bond motifs is 1. The predicted molar refractivity (Wildman–Crippen MR) is 67.0 cm³/mol. The molecule has 1 aromatic rings. The van der Waals surface area contributed by atoms with Gasteiger partial charge in [0.05, 0.1) is 13.0 Å². The lowest BCUT2D eigenvalue weighted by molar-refractivity contribution is -0.115. The van der Waals surface area contributed by atoms with Gasteiger partial charge in [-0.3, -0.25) is 14.4 Å². The Balaban J connectivity index is 1.99. The van der Waals surface area contributed by atoms with Gasteiger partial charge >= 0.3 is 0 Å². The molecule has 0 radical (unpaired) electrons. The van der Waals surface area contributed by atoms with Crippen LogP contribution >= 0.6 is 0 Å². The van der Waals surface area contributed by atoms with E-state index in [1.54, 1.807) is 18.2 Å². The average molecular weight is 248 g/mol. The Morgan fingerprint density at radius 1 is 1.50 bits per heavy atom. The Labute approximate surface area is 105 Å². The van der Waals surface area contributed by atoms with Crippen molar-refractivity contribution < 1.29 is 14.4 Å². The lowest BCUT2D eigenvalue weighted by atomic mass is 10.1. The first-order chi connectivity index (χ1) is 8.56. The summed E-state index contributed by atoms with van der Waals surface area (Å²) in [6.45, 7) is 4.47. The summed E-state index contributed by atoms with van der Waals surface area (Å²) in [5, 5.41) is 2.72. The number of hydrogen-bond donors (Lipinski definition) is 2. The topological polar surface area (TPSA) is 67.4 Å². The van der Waals surface area contributed by atoms with E-state index in [4.69, 9.17) is 4.84 Å². The second-order valence-electron chi connectivity index (χ2n) is 4.73. The number of benzene rings is 1. The quantitative estimate of drug-likeness (QED) is 0.793.